The summed E-state index contributed by atoms with van der Waals surface area (Å²) < 4.78 is 10.8. The third-order valence-corrected chi connectivity index (χ3v) is 7.92. The lowest BCUT2D eigenvalue weighted by Crippen LogP contribution is -2.33. The van der Waals surface area contributed by atoms with E-state index in [0.29, 0.717) is 11.2 Å². The van der Waals surface area contributed by atoms with Crippen LogP contribution < -0.4 is 10.1 Å². The van der Waals surface area contributed by atoms with Crippen LogP contribution in [0.15, 0.2) is 42.5 Å². The van der Waals surface area contributed by atoms with E-state index in [0.717, 1.165) is 11.8 Å². The molecule has 2 bridgehead atoms. The fourth-order valence-corrected chi connectivity index (χ4v) is 6.56. The minimum absolute atomic E-state index is 0.133. The molecule has 0 heterocycles. The quantitative estimate of drug-likeness (QED) is 0.422. The molecule has 4 atom stereocenters. The molecule has 5 rings (SSSR count). The van der Waals surface area contributed by atoms with E-state index >= 15 is 0 Å². The van der Waals surface area contributed by atoms with Crippen molar-refractivity contribution in [3.8, 4) is 11.5 Å². The van der Waals surface area contributed by atoms with E-state index in [2.05, 4.69) is 24.4 Å². The number of amides is 1. The molecule has 2 aromatic rings. The summed E-state index contributed by atoms with van der Waals surface area (Å²) in [4.78, 5) is 24.5. The van der Waals surface area contributed by atoms with E-state index in [-0.39, 0.29) is 35.1 Å². The van der Waals surface area contributed by atoms with Gasteiger partial charge in [0.05, 0.1) is 17.4 Å². The van der Waals surface area contributed by atoms with Crippen molar-refractivity contribution >= 4 is 17.6 Å². The maximum atomic E-state index is 12.4. The molecular weight excluding hydrogens is 430 g/mol. The molecule has 3 saturated carbocycles. The largest absolute Gasteiger partial charge is 0.506 e. The topological polar surface area (TPSA) is 84.9 Å². The normalized spacial score (nSPS) is 28.8. The maximum absolute atomic E-state index is 12.4. The Hall–Kier alpha value is -3.02. The molecule has 4 unspecified atom stereocenters. The van der Waals surface area contributed by atoms with Gasteiger partial charge < -0.3 is 19.9 Å². The van der Waals surface area contributed by atoms with Crippen molar-refractivity contribution in [2.75, 3.05) is 11.9 Å². The molecule has 180 valence electrons. The number of carbonyl (C=O) groups excluding carboxylic acids is 2. The molecule has 6 nitrogen and oxygen atoms in total. The number of phenolic OH excluding ortho intramolecular Hbond substituents is 1. The molecule has 1 amide bonds. The average Bonchev–Trinajstić information content (AvgIpc) is 3.33. The van der Waals surface area contributed by atoms with Crippen molar-refractivity contribution in [1.29, 1.82) is 0 Å². The average molecular weight is 464 g/mol. The Kier molecular flexibility index (Phi) is 5.58. The molecule has 3 fully saturated rings. The van der Waals surface area contributed by atoms with Crippen molar-refractivity contribution < 1.29 is 24.2 Å². The summed E-state index contributed by atoms with van der Waals surface area (Å²) in [5.41, 5.74) is 2.60. The number of hydrogen-bond donors (Lipinski definition) is 2. The van der Waals surface area contributed by atoms with Gasteiger partial charge in [-0.05, 0) is 105 Å². The first-order valence-electron chi connectivity index (χ1n) is 12.2. The highest BCUT2D eigenvalue weighted by molar-refractivity contribution is 5.96. The van der Waals surface area contributed by atoms with Crippen LogP contribution in [0.2, 0.25) is 0 Å². The van der Waals surface area contributed by atoms with Gasteiger partial charge in [0.1, 0.15) is 11.5 Å². The highest BCUT2D eigenvalue weighted by atomic mass is 16.5. The predicted octanol–water partition coefficient (Wildman–Crippen LogP) is 5.44. The van der Waals surface area contributed by atoms with Gasteiger partial charge in [0.25, 0.3) is 5.91 Å². The zero-order chi connectivity index (χ0) is 24.1. The number of anilines is 1. The van der Waals surface area contributed by atoms with Crippen molar-refractivity contribution in [2.45, 2.75) is 64.4 Å². The number of benzene rings is 2. The molecule has 34 heavy (non-hydrogen) atoms. The second kappa shape index (κ2) is 8.33. The van der Waals surface area contributed by atoms with E-state index in [1.807, 2.05) is 12.1 Å². The van der Waals surface area contributed by atoms with Crippen LogP contribution in [0, 0.1) is 17.3 Å². The van der Waals surface area contributed by atoms with E-state index in [9.17, 15) is 14.7 Å². The molecule has 0 saturated heterocycles. The summed E-state index contributed by atoms with van der Waals surface area (Å²) in [7, 11) is 0. The van der Waals surface area contributed by atoms with Gasteiger partial charge in [-0.3, -0.25) is 4.79 Å². The minimum atomic E-state index is -0.515. The third kappa shape index (κ3) is 4.38. The number of aromatic hydroxyl groups is 1. The van der Waals surface area contributed by atoms with Crippen LogP contribution in [0.3, 0.4) is 0 Å². The number of phenols is 1. The van der Waals surface area contributed by atoms with Crippen LogP contribution in [0.4, 0.5) is 5.69 Å². The summed E-state index contributed by atoms with van der Waals surface area (Å²) in [5, 5.41) is 12.7. The van der Waals surface area contributed by atoms with Gasteiger partial charge >= 0.3 is 5.97 Å². The smallest absolute Gasteiger partial charge is 0.338 e. The highest BCUT2D eigenvalue weighted by Gasteiger charge is 2.65. The number of esters is 1. The fourth-order valence-electron chi connectivity index (χ4n) is 6.56. The molecule has 0 aliphatic heterocycles. The number of nitrogens with one attached hydrogen (secondary N) is 1. The van der Waals surface area contributed by atoms with Gasteiger partial charge in [-0.1, -0.05) is 19.1 Å². The van der Waals surface area contributed by atoms with Gasteiger partial charge in [-0.25, -0.2) is 4.79 Å². The fraction of sp³-hybridized carbons (Fsp3) is 0.500. The summed E-state index contributed by atoms with van der Waals surface area (Å²) in [6.45, 7) is 5.71. The molecule has 3 aliphatic rings. The standard InChI is InChI=1S/C28H33NO5/c1-17(2)34-26(32)19-4-9-24(30)23(11-19)29-25(31)15-33-22-7-5-20(6-8-22)27(3)12-18-10-21-14-28(21,13-18)16-27/h4-9,11,17-18,21,30H,10,12-16H2,1-3H3,(H,29,31). The minimum Gasteiger partial charge on any atom is -0.506 e. The number of ether oxygens (including phenoxy) is 2. The monoisotopic (exact) mass is 463 g/mol. The first-order valence-corrected chi connectivity index (χ1v) is 12.2. The molecule has 1 spiro atoms. The van der Waals surface area contributed by atoms with Gasteiger partial charge in [0, 0.05) is 0 Å². The number of rotatable bonds is 7. The van der Waals surface area contributed by atoms with E-state index in [1.165, 1.54) is 55.9 Å². The van der Waals surface area contributed by atoms with E-state index in [1.54, 1.807) is 13.8 Å². The summed E-state index contributed by atoms with van der Waals surface area (Å²) in [6, 6.07) is 12.4. The van der Waals surface area contributed by atoms with E-state index < -0.39 is 11.9 Å². The first kappa shape index (κ1) is 22.8. The number of fused-ring (bicyclic) bond motifs is 1. The zero-order valence-electron chi connectivity index (χ0n) is 20.1. The maximum Gasteiger partial charge on any atom is 0.338 e. The molecule has 2 N–H and O–H groups in total. The summed E-state index contributed by atoms with van der Waals surface area (Å²) in [5.74, 6) is 1.40. The van der Waals surface area contributed by atoms with Crippen LogP contribution in [-0.2, 0) is 14.9 Å². The van der Waals surface area contributed by atoms with E-state index in [4.69, 9.17) is 9.47 Å². The molecule has 0 radical (unpaired) electrons. The molecule has 0 aromatic heterocycles. The lowest BCUT2D eigenvalue weighted by atomic mass is 9.64. The Morgan fingerprint density at radius 1 is 1.12 bits per heavy atom. The summed E-state index contributed by atoms with van der Waals surface area (Å²) >= 11 is 0. The van der Waals surface area contributed by atoms with Gasteiger partial charge in [0.2, 0.25) is 0 Å². The van der Waals surface area contributed by atoms with Crippen LogP contribution in [0.5, 0.6) is 11.5 Å². The van der Waals surface area contributed by atoms with Gasteiger partial charge in [-0.2, -0.15) is 0 Å². The third-order valence-electron chi connectivity index (χ3n) is 7.92. The van der Waals surface area contributed by atoms with Crippen LogP contribution in [-0.4, -0.2) is 29.7 Å². The number of hydrogen-bond acceptors (Lipinski definition) is 5. The Bertz CT molecular complexity index is 1110. The first-order chi connectivity index (χ1) is 16.2. The SMILES string of the molecule is CC(C)OC(=O)c1ccc(O)c(NC(=O)COc2ccc(C3(C)CC4CC5CC5(C4)C3)cc2)c1. The Labute approximate surface area is 200 Å². The van der Waals surface area contributed by atoms with Crippen molar-refractivity contribution in [2.24, 2.45) is 17.3 Å². The molecule has 3 aliphatic carbocycles. The lowest BCUT2D eigenvalue weighted by Gasteiger charge is -2.40. The molecule has 2 aromatic carbocycles. The Morgan fingerprint density at radius 2 is 1.88 bits per heavy atom. The predicted molar refractivity (Wildman–Crippen MR) is 129 cm³/mol. The highest BCUT2D eigenvalue weighted by Crippen LogP contribution is 2.74. The van der Waals surface area contributed by atoms with Crippen molar-refractivity contribution in [3.63, 3.8) is 0 Å². The van der Waals surface area contributed by atoms with Crippen molar-refractivity contribution in [1.82, 2.24) is 0 Å². The Morgan fingerprint density at radius 3 is 2.59 bits per heavy atom. The van der Waals surface area contributed by atoms with Gasteiger partial charge in [0.15, 0.2) is 6.61 Å². The second-order valence-electron chi connectivity index (χ2n) is 11.1. The molecular formula is C28H33NO5. The van der Waals surface area contributed by atoms with Crippen LogP contribution >= 0.6 is 0 Å². The zero-order valence-corrected chi connectivity index (χ0v) is 20.1. The van der Waals surface area contributed by atoms with Crippen LogP contribution in [0.25, 0.3) is 0 Å². The van der Waals surface area contributed by atoms with Crippen LogP contribution in [0.1, 0.15) is 68.8 Å². The lowest BCUT2D eigenvalue weighted by molar-refractivity contribution is -0.118. The second-order valence-corrected chi connectivity index (χ2v) is 11.1. The Balaban J connectivity index is 1.17. The van der Waals surface area contributed by atoms with Crippen molar-refractivity contribution in [3.05, 3.63) is 53.6 Å². The summed E-state index contributed by atoms with van der Waals surface area (Å²) in [6.07, 6.45) is 6.56. The molecule has 6 heteroatoms. The van der Waals surface area contributed by atoms with Gasteiger partial charge in [-0.15, -0.1) is 0 Å². The number of carbonyl (C=O) groups is 2.